The lowest BCUT2D eigenvalue weighted by Gasteiger charge is -2.40. The molecule has 1 aliphatic heterocycles. The van der Waals surface area contributed by atoms with Crippen LogP contribution in [-0.2, 0) is 4.74 Å². The van der Waals surface area contributed by atoms with E-state index in [-0.39, 0.29) is 0 Å². The molecular weight excluding hydrogens is 248 g/mol. The molecule has 2 fully saturated rings. The molecule has 1 heterocycles. The van der Waals surface area contributed by atoms with Crippen molar-refractivity contribution in [3.8, 4) is 0 Å². The van der Waals surface area contributed by atoms with Gasteiger partial charge in [-0.2, -0.15) is 0 Å². The lowest BCUT2D eigenvalue weighted by atomic mass is 9.78. The van der Waals surface area contributed by atoms with E-state index in [0.717, 1.165) is 37.5 Å². The number of ether oxygens (including phenoxy) is 1. The van der Waals surface area contributed by atoms with Crippen LogP contribution in [0, 0.1) is 11.8 Å². The summed E-state index contributed by atoms with van der Waals surface area (Å²) in [6.45, 7) is 9.23. The molecule has 4 unspecified atom stereocenters. The number of likely N-dealkylation sites (tertiary alicyclic amines) is 1. The number of hydrogen-bond donors (Lipinski definition) is 1. The fourth-order valence-electron chi connectivity index (χ4n) is 4.01. The maximum atomic E-state index is 5.97. The lowest BCUT2D eigenvalue weighted by Crippen LogP contribution is -2.48. The van der Waals surface area contributed by atoms with Gasteiger partial charge in [-0.05, 0) is 64.0 Å². The molecule has 1 saturated carbocycles. The average Bonchev–Trinajstić information content (AvgIpc) is 2.46. The third kappa shape index (κ3) is 4.71. The van der Waals surface area contributed by atoms with Gasteiger partial charge >= 0.3 is 0 Å². The third-order valence-corrected chi connectivity index (χ3v) is 5.13. The van der Waals surface area contributed by atoms with Crippen LogP contribution in [0.15, 0.2) is 0 Å². The quantitative estimate of drug-likeness (QED) is 0.811. The predicted octanol–water partition coefficient (Wildman–Crippen LogP) is 2.90. The molecule has 2 aliphatic rings. The molecule has 0 bridgehead atoms. The van der Waals surface area contributed by atoms with Gasteiger partial charge in [0.2, 0.25) is 0 Å². The molecule has 1 saturated heterocycles. The Hall–Kier alpha value is -0.120. The first-order valence-electron chi connectivity index (χ1n) is 8.74. The van der Waals surface area contributed by atoms with Crippen LogP contribution in [0.4, 0.5) is 0 Å². The second-order valence-corrected chi connectivity index (χ2v) is 6.97. The van der Waals surface area contributed by atoms with E-state index in [1.54, 1.807) is 0 Å². The Morgan fingerprint density at radius 1 is 1.25 bits per heavy atom. The van der Waals surface area contributed by atoms with Gasteiger partial charge in [-0.1, -0.05) is 13.8 Å². The molecule has 1 N–H and O–H groups in total. The Labute approximate surface area is 125 Å². The van der Waals surface area contributed by atoms with Crippen molar-refractivity contribution in [1.29, 1.82) is 0 Å². The molecule has 0 aromatic carbocycles. The zero-order valence-electron chi connectivity index (χ0n) is 13.7. The number of nitrogens with one attached hydrogen (secondary N) is 1. The molecule has 0 aromatic heterocycles. The fraction of sp³-hybridized carbons (Fsp3) is 1.00. The summed E-state index contributed by atoms with van der Waals surface area (Å²) in [5.41, 5.74) is 0. The van der Waals surface area contributed by atoms with Crippen molar-refractivity contribution >= 4 is 0 Å². The van der Waals surface area contributed by atoms with Gasteiger partial charge in [0.05, 0.1) is 6.10 Å². The number of nitrogens with zero attached hydrogens (tertiary/aromatic N) is 1. The Morgan fingerprint density at radius 2 is 2.10 bits per heavy atom. The van der Waals surface area contributed by atoms with E-state index in [1.807, 2.05) is 0 Å². The lowest BCUT2D eigenvalue weighted by molar-refractivity contribution is -0.00788. The molecule has 4 atom stereocenters. The molecule has 0 amide bonds. The fourth-order valence-corrected chi connectivity index (χ4v) is 4.01. The first kappa shape index (κ1) is 16.3. The predicted molar refractivity (Wildman–Crippen MR) is 85.1 cm³/mol. The molecule has 2 rings (SSSR count). The highest BCUT2D eigenvalue weighted by atomic mass is 16.5. The monoisotopic (exact) mass is 282 g/mol. The summed E-state index contributed by atoms with van der Waals surface area (Å²) in [6, 6.07) is 0.725. The number of piperidine rings is 1. The van der Waals surface area contributed by atoms with Crippen molar-refractivity contribution in [2.24, 2.45) is 11.8 Å². The van der Waals surface area contributed by atoms with Gasteiger partial charge in [0.25, 0.3) is 0 Å². The minimum Gasteiger partial charge on any atom is -0.377 e. The van der Waals surface area contributed by atoms with Crippen LogP contribution in [0.5, 0.6) is 0 Å². The van der Waals surface area contributed by atoms with Crippen LogP contribution < -0.4 is 5.32 Å². The maximum Gasteiger partial charge on any atom is 0.0702 e. The van der Waals surface area contributed by atoms with E-state index < -0.39 is 0 Å². The van der Waals surface area contributed by atoms with Crippen LogP contribution in [-0.4, -0.2) is 50.3 Å². The van der Waals surface area contributed by atoms with Gasteiger partial charge in [-0.15, -0.1) is 0 Å². The summed E-state index contributed by atoms with van der Waals surface area (Å²) in [5.74, 6) is 1.73. The largest absolute Gasteiger partial charge is 0.377 e. The Balaban J connectivity index is 1.81. The molecule has 20 heavy (non-hydrogen) atoms. The van der Waals surface area contributed by atoms with Gasteiger partial charge in [-0.3, -0.25) is 0 Å². The van der Waals surface area contributed by atoms with Crippen molar-refractivity contribution in [2.45, 2.75) is 64.5 Å². The van der Waals surface area contributed by atoms with Crippen LogP contribution in [0.25, 0.3) is 0 Å². The molecule has 0 aromatic rings. The normalized spacial score (nSPS) is 36.1. The van der Waals surface area contributed by atoms with Crippen molar-refractivity contribution in [2.75, 3.05) is 33.3 Å². The van der Waals surface area contributed by atoms with Crippen molar-refractivity contribution in [1.82, 2.24) is 10.2 Å². The minimum absolute atomic E-state index is 0.484. The van der Waals surface area contributed by atoms with E-state index in [1.165, 1.54) is 45.2 Å². The van der Waals surface area contributed by atoms with Crippen LogP contribution in [0.3, 0.4) is 0 Å². The summed E-state index contributed by atoms with van der Waals surface area (Å²) in [5, 5.41) is 3.55. The summed E-state index contributed by atoms with van der Waals surface area (Å²) < 4.78 is 5.97. The number of hydrogen-bond acceptors (Lipinski definition) is 3. The Morgan fingerprint density at radius 3 is 2.85 bits per heavy atom. The molecule has 1 aliphatic carbocycles. The smallest absolute Gasteiger partial charge is 0.0702 e. The Kier molecular flexibility index (Phi) is 6.79. The topological polar surface area (TPSA) is 24.5 Å². The standard InChI is InChI=1S/C17H34N2O/c1-4-10-20-16-6-5-9-19(13-16)12-15-11-14(2)7-8-17(15)18-3/h14-18H,4-13H2,1-3H3. The van der Waals surface area contributed by atoms with Crippen molar-refractivity contribution < 1.29 is 4.74 Å². The Bertz CT molecular complexity index is 272. The second kappa shape index (κ2) is 8.35. The number of rotatable bonds is 6. The third-order valence-electron chi connectivity index (χ3n) is 5.13. The molecular formula is C17H34N2O. The second-order valence-electron chi connectivity index (χ2n) is 6.97. The SMILES string of the molecule is CCCOC1CCCN(CC2CC(C)CCC2NC)C1. The van der Waals surface area contributed by atoms with E-state index in [2.05, 4.69) is 31.1 Å². The highest BCUT2D eigenvalue weighted by Gasteiger charge is 2.30. The summed E-state index contributed by atoms with van der Waals surface area (Å²) in [6.07, 6.45) is 8.32. The molecule has 0 spiro atoms. The van der Waals surface area contributed by atoms with E-state index in [0.29, 0.717) is 6.10 Å². The first-order valence-corrected chi connectivity index (χ1v) is 8.74. The first-order chi connectivity index (χ1) is 9.72. The van der Waals surface area contributed by atoms with E-state index in [4.69, 9.17) is 4.74 Å². The van der Waals surface area contributed by atoms with E-state index in [9.17, 15) is 0 Å². The van der Waals surface area contributed by atoms with Crippen molar-refractivity contribution in [3.05, 3.63) is 0 Å². The molecule has 3 heteroatoms. The minimum atomic E-state index is 0.484. The summed E-state index contributed by atoms with van der Waals surface area (Å²) >= 11 is 0. The maximum absolute atomic E-state index is 5.97. The van der Waals surface area contributed by atoms with Gasteiger partial charge in [0.15, 0.2) is 0 Å². The molecule has 118 valence electrons. The van der Waals surface area contributed by atoms with Gasteiger partial charge in [0.1, 0.15) is 0 Å². The van der Waals surface area contributed by atoms with Crippen molar-refractivity contribution in [3.63, 3.8) is 0 Å². The average molecular weight is 282 g/mol. The zero-order valence-corrected chi connectivity index (χ0v) is 13.7. The zero-order chi connectivity index (χ0) is 14.4. The van der Waals surface area contributed by atoms with Crippen LogP contribution in [0.2, 0.25) is 0 Å². The highest BCUT2D eigenvalue weighted by Crippen LogP contribution is 2.30. The highest BCUT2D eigenvalue weighted by molar-refractivity contribution is 4.86. The summed E-state index contributed by atoms with van der Waals surface area (Å²) in [4.78, 5) is 2.66. The van der Waals surface area contributed by atoms with Gasteiger partial charge < -0.3 is 15.0 Å². The summed E-state index contributed by atoms with van der Waals surface area (Å²) in [7, 11) is 2.14. The van der Waals surface area contributed by atoms with Crippen LogP contribution >= 0.6 is 0 Å². The van der Waals surface area contributed by atoms with Gasteiger partial charge in [-0.25, -0.2) is 0 Å². The van der Waals surface area contributed by atoms with Crippen LogP contribution in [0.1, 0.15) is 52.4 Å². The van der Waals surface area contributed by atoms with Gasteiger partial charge in [0, 0.05) is 25.7 Å². The van der Waals surface area contributed by atoms with E-state index >= 15 is 0 Å². The molecule has 3 nitrogen and oxygen atoms in total. The molecule has 0 radical (unpaired) electrons.